The van der Waals surface area contributed by atoms with Crippen molar-refractivity contribution < 1.29 is 13.9 Å². The van der Waals surface area contributed by atoms with Gasteiger partial charge in [-0.2, -0.15) is 4.80 Å². The van der Waals surface area contributed by atoms with Crippen molar-refractivity contribution in [3.8, 4) is 11.4 Å². The van der Waals surface area contributed by atoms with Gasteiger partial charge in [-0.15, -0.1) is 10.2 Å². The van der Waals surface area contributed by atoms with Gasteiger partial charge in [0.2, 0.25) is 0 Å². The number of unbranched alkanes of at least 4 members (excludes halogenated alkanes) is 1. The van der Waals surface area contributed by atoms with Crippen molar-refractivity contribution >= 4 is 22.6 Å². The molecule has 4 rings (SSSR count). The van der Waals surface area contributed by atoms with Crippen LogP contribution in [0.15, 0.2) is 66.7 Å². The highest BCUT2D eigenvalue weighted by Gasteiger charge is 2.10. The summed E-state index contributed by atoms with van der Waals surface area (Å²) in [5, 5.41) is 11.7. The van der Waals surface area contributed by atoms with E-state index in [2.05, 4.69) is 22.4 Å². The van der Waals surface area contributed by atoms with E-state index in [4.69, 9.17) is 4.74 Å². The second kappa shape index (κ2) is 8.73. The minimum atomic E-state index is -0.319. The van der Waals surface area contributed by atoms with Crippen LogP contribution in [0.1, 0.15) is 30.1 Å². The van der Waals surface area contributed by atoms with E-state index in [1.165, 1.54) is 16.9 Å². The van der Waals surface area contributed by atoms with E-state index in [0.717, 1.165) is 12.8 Å². The summed E-state index contributed by atoms with van der Waals surface area (Å²) in [7, 11) is 0. The van der Waals surface area contributed by atoms with Crippen molar-refractivity contribution in [2.45, 2.75) is 19.8 Å². The van der Waals surface area contributed by atoms with Crippen LogP contribution >= 0.6 is 0 Å². The number of nitrogens with one attached hydrogen (secondary N) is 1. The van der Waals surface area contributed by atoms with Crippen molar-refractivity contribution in [2.24, 2.45) is 0 Å². The molecule has 7 heteroatoms. The summed E-state index contributed by atoms with van der Waals surface area (Å²) in [6, 6.07) is 18.3. The number of fused-ring (bicyclic) bond motifs is 1. The summed E-state index contributed by atoms with van der Waals surface area (Å²) >= 11 is 0. The predicted octanol–water partition coefficient (Wildman–Crippen LogP) is 4.99. The fraction of sp³-hybridized carbons (Fsp3) is 0.174. The Morgan fingerprint density at radius 2 is 1.83 bits per heavy atom. The Kier molecular flexibility index (Phi) is 5.70. The van der Waals surface area contributed by atoms with Crippen molar-refractivity contribution in [3.63, 3.8) is 0 Å². The van der Waals surface area contributed by atoms with E-state index >= 15 is 0 Å². The molecule has 0 atom stereocenters. The Balaban J connectivity index is 1.50. The molecule has 6 nitrogen and oxygen atoms in total. The first-order valence-corrected chi connectivity index (χ1v) is 9.79. The minimum absolute atomic E-state index is 0.235. The smallest absolute Gasteiger partial charge is 0.255 e. The molecule has 30 heavy (non-hydrogen) atoms. The Labute approximate surface area is 173 Å². The monoisotopic (exact) mass is 404 g/mol. The molecule has 1 heterocycles. The molecule has 0 spiro atoms. The quantitative estimate of drug-likeness (QED) is 0.441. The summed E-state index contributed by atoms with van der Waals surface area (Å²) in [5.41, 5.74) is 3.06. The maximum atomic E-state index is 13.1. The summed E-state index contributed by atoms with van der Waals surface area (Å²) in [5.74, 6) is 0.121. The zero-order valence-corrected chi connectivity index (χ0v) is 16.5. The lowest BCUT2D eigenvalue weighted by Gasteiger charge is -2.08. The number of benzene rings is 3. The Hall–Kier alpha value is -3.74. The van der Waals surface area contributed by atoms with Crippen LogP contribution in [0.3, 0.4) is 0 Å². The topological polar surface area (TPSA) is 69.0 Å². The van der Waals surface area contributed by atoms with Crippen molar-refractivity contribution in [1.82, 2.24) is 15.0 Å². The molecule has 0 bridgehead atoms. The zero-order valence-electron chi connectivity index (χ0n) is 16.5. The van der Waals surface area contributed by atoms with Crippen molar-refractivity contribution in [1.29, 1.82) is 0 Å². The molecule has 0 aliphatic heterocycles. The highest BCUT2D eigenvalue weighted by atomic mass is 19.1. The molecular weight excluding hydrogens is 383 g/mol. The highest BCUT2D eigenvalue weighted by molar-refractivity contribution is 6.05. The van der Waals surface area contributed by atoms with E-state index in [1.807, 2.05) is 6.07 Å². The van der Waals surface area contributed by atoms with E-state index in [-0.39, 0.29) is 11.7 Å². The number of halogens is 1. The SMILES string of the molecule is CCCCOc1cccc(C(=O)Nc2ccc3nn(-c4ccc(F)cc4)nc3c2)c1. The van der Waals surface area contributed by atoms with Crippen LogP contribution in [0, 0.1) is 5.82 Å². The van der Waals surface area contributed by atoms with Crippen LogP contribution in [-0.2, 0) is 0 Å². The van der Waals surface area contributed by atoms with E-state index < -0.39 is 0 Å². The molecule has 1 aromatic heterocycles. The van der Waals surface area contributed by atoms with Crippen LogP contribution in [0.5, 0.6) is 5.75 Å². The molecule has 1 N–H and O–H groups in total. The van der Waals surface area contributed by atoms with Crippen LogP contribution in [0.2, 0.25) is 0 Å². The minimum Gasteiger partial charge on any atom is -0.494 e. The molecule has 0 unspecified atom stereocenters. The van der Waals surface area contributed by atoms with Crippen molar-refractivity contribution in [3.05, 3.63) is 78.1 Å². The summed E-state index contributed by atoms with van der Waals surface area (Å²) < 4.78 is 18.8. The molecule has 0 aliphatic carbocycles. The van der Waals surface area contributed by atoms with Gasteiger partial charge in [-0.25, -0.2) is 4.39 Å². The van der Waals surface area contributed by atoms with Gasteiger partial charge >= 0.3 is 0 Å². The molecule has 4 aromatic rings. The third-order valence-electron chi connectivity index (χ3n) is 4.56. The molecule has 0 aliphatic rings. The summed E-state index contributed by atoms with van der Waals surface area (Å²) in [6.07, 6.45) is 2.02. The number of rotatable bonds is 7. The first kappa shape index (κ1) is 19.6. The normalized spacial score (nSPS) is 10.9. The van der Waals surface area contributed by atoms with Gasteiger partial charge in [-0.1, -0.05) is 19.4 Å². The third-order valence-corrected chi connectivity index (χ3v) is 4.56. The van der Waals surface area contributed by atoms with Gasteiger partial charge in [-0.05, 0) is 67.1 Å². The Bertz CT molecular complexity index is 1170. The van der Waals surface area contributed by atoms with Crippen molar-refractivity contribution in [2.75, 3.05) is 11.9 Å². The summed E-state index contributed by atoms with van der Waals surface area (Å²) in [4.78, 5) is 14.1. The first-order chi connectivity index (χ1) is 14.6. The number of amides is 1. The molecule has 1 amide bonds. The number of hydrogen-bond acceptors (Lipinski definition) is 4. The van der Waals surface area contributed by atoms with E-state index in [0.29, 0.717) is 40.3 Å². The van der Waals surface area contributed by atoms with Crippen LogP contribution in [0.4, 0.5) is 10.1 Å². The maximum Gasteiger partial charge on any atom is 0.255 e. The standard InChI is InChI=1S/C23H21FN4O2/c1-2-3-13-30-20-6-4-5-16(14-20)23(29)25-18-9-12-21-22(15-18)27-28(26-21)19-10-7-17(24)8-11-19/h4-12,14-15H,2-3,13H2,1H3,(H,25,29). The van der Waals surface area contributed by atoms with Gasteiger partial charge in [0.05, 0.1) is 12.3 Å². The average molecular weight is 404 g/mol. The van der Waals surface area contributed by atoms with Gasteiger partial charge in [-0.3, -0.25) is 4.79 Å². The molecule has 152 valence electrons. The van der Waals surface area contributed by atoms with Gasteiger partial charge in [0.25, 0.3) is 5.91 Å². The average Bonchev–Trinajstić information content (AvgIpc) is 3.18. The van der Waals surface area contributed by atoms with E-state index in [1.54, 1.807) is 48.5 Å². The zero-order chi connectivity index (χ0) is 20.9. The Morgan fingerprint density at radius 3 is 2.63 bits per heavy atom. The molecule has 0 saturated heterocycles. The third kappa shape index (κ3) is 4.46. The Morgan fingerprint density at radius 1 is 1.03 bits per heavy atom. The van der Waals surface area contributed by atoms with E-state index in [9.17, 15) is 9.18 Å². The maximum absolute atomic E-state index is 13.1. The second-order valence-electron chi connectivity index (χ2n) is 6.85. The number of carbonyl (C=O) groups is 1. The number of hydrogen-bond donors (Lipinski definition) is 1. The van der Waals surface area contributed by atoms with Crippen LogP contribution in [-0.4, -0.2) is 27.5 Å². The van der Waals surface area contributed by atoms with Crippen LogP contribution in [0.25, 0.3) is 16.7 Å². The highest BCUT2D eigenvalue weighted by Crippen LogP contribution is 2.20. The van der Waals surface area contributed by atoms with Gasteiger partial charge in [0.15, 0.2) is 0 Å². The molecule has 0 radical (unpaired) electrons. The van der Waals surface area contributed by atoms with Gasteiger partial charge in [0, 0.05) is 11.3 Å². The number of carbonyl (C=O) groups excluding carboxylic acids is 1. The lowest BCUT2D eigenvalue weighted by Crippen LogP contribution is -2.12. The number of anilines is 1. The lowest BCUT2D eigenvalue weighted by molar-refractivity contribution is 0.102. The lowest BCUT2D eigenvalue weighted by atomic mass is 10.2. The summed E-state index contributed by atoms with van der Waals surface area (Å²) in [6.45, 7) is 2.73. The molecule has 3 aromatic carbocycles. The fourth-order valence-electron chi connectivity index (χ4n) is 2.95. The number of nitrogens with zero attached hydrogens (tertiary/aromatic N) is 3. The largest absolute Gasteiger partial charge is 0.494 e. The second-order valence-corrected chi connectivity index (χ2v) is 6.85. The molecule has 0 fully saturated rings. The van der Waals surface area contributed by atoms with Crippen LogP contribution < -0.4 is 10.1 Å². The predicted molar refractivity (Wildman–Crippen MR) is 114 cm³/mol. The van der Waals surface area contributed by atoms with Gasteiger partial charge < -0.3 is 10.1 Å². The number of aromatic nitrogens is 3. The molecular formula is C23H21FN4O2. The molecule has 0 saturated carbocycles. The van der Waals surface area contributed by atoms with Gasteiger partial charge in [0.1, 0.15) is 22.6 Å². The fourth-order valence-corrected chi connectivity index (χ4v) is 2.95. The first-order valence-electron chi connectivity index (χ1n) is 9.79. The number of ether oxygens (including phenoxy) is 1.